The van der Waals surface area contributed by atoms with Crippen molar-refractivity contribution in [3.63, 3.8) is 0 Å². The van der Waals surface area contributed by atoms with E-state index in [4.69, 9.17) is 0 Å². The molecule has 5 nitrogen and oxygen atoms in total. The number of hydrogen-bond donors (Lipinski definition) is 1. The molecular formula is C25H28N2O3S. The van der Waals surface area contributed by atoms with Crippen molar-refractivity contribution < 1.29 is 13.2 Å². The molecule has 0 radical (unpaired) electrons. The number of aryl methyl sites for hydroxylation is 3. The normalized spacial score (nSPS) is 15.8. The standard InChI is InChI=1S/C25H28N2O3S/c1-17-15-18(2)24(19(3)16-17)31(29,30)27-13-11-21(12-14-27)25(28)26-23-10-6-8-20-7-4-5-9-22(20)23/h4-10,15-16,21H,11-14H2,1-3H3,(H,26,28). The summed E-state index contributed by atoms with van der Waals surface area (Å²) in [5.74, 6) is -0.248. The molecule has 0 unspecified atom stereocenters. The lowest BCUT2D eigenvalue weighted by atomic mass is 9.97. The summed E-state index contributed by atoms with van der Waals surface area (Å²) in [5.41, 5.74) is 3.39. The maximum atomic E-state index is 13.3. The van der Waals surface area contributed by atoms with Crippen LogP contribution in [0.4, 0.5) is 5.69 Å². The van der Waals surface area contributed by atoms with Crippen molar-refractivity contribution >= 4 is 32.4 Å². The Morgan fingerprint density at radius 2 is 1.55 bits per heavy atom. The lowest BCUT2D eigenvalue weighted by Crippen LogP contribution is -2.41. The van der Waals surface area contributed by atoms with Gasteiger partial charge in [-0.3, -0.25) is 4.79 Å². The van der Waals surface area contributed by atoms with Crippen LogP contribution in [0, 0.1) is 26.7 Å². The van der Waals surface area contributed by atoms with Crippen LogP contribution in [0.25, 0.3) is 10.8 Å². The second-order valence-electron chi connectivity index (χ2n) is 8.42. The quantitative estimate of drug-likeness (QED) is 0.639. The van der Waals surface area contributed by atoms with Crippen LogP contribution in [0.2, 0.25) is 0 Å². The molecule has 162 valence electrons. The number of anilines is 1. The van der Waals surface area contributed by atoms with Crippen LogP contribution in [0.1, 0.15) is 29.5 Å². The van der Waals surface area contributed by atoms with E-state index >= 15 is 0 Å². The molecule has 1 saturated heterocycles. The first-order valence-electron chi connectivity index (χ1n) is 10.6. The monoisotopic (exact) mass is 436 g/mol. The van der Waals surface area contributed by atoms with Gasteiger partial charge in [0.2, 0.25) is 15.9 Å². The van der Waals surface area contributed by atoms with E-state index in [0.29, 0.717) is 30.8 Å². The third kappa shape index (κ3) is 4.23. The van der Waals surface area contributed by atoms with Gasteiger partial charge in [-0.1, -0.05) is 54.1 Å². The highest BCUT2D eigenvalue weighted by atomic mass is 32.2. The van der Waals surface area contributed by atoms with E-state index < -0.39 is 10.0 Å². The second kappa shape index (κ2) is 8.44. The molecule has 3 aromatic carbocycles. The number of nitrogens with zero attached hydrogens (tertiary/aromatic N) is 1. The second-order valence-corrected chi connectivity index (χ2v) is 10.3. The smallest absolute Gasteiger partial charge is 0.243 e. The van der Waals surface area contributed by atoms with E-state index in [9.17, 15) is 13.2 Å². The number of amides is 1. The molecular weight excluding hydrogens is 408 g/mol. The first kappa shape index (κ1) is 21.5. The van der Waals surface area contributed by atoms with Crippen LogP contribution < -0.4 is 5.32 Å². The van der Waals surface area contributed by atoms with Gasteiger partial charge in [-0.15, -0.1) is 0 Å². The molecule has 1 amide bonds. The van der Waals surface area contributed by atoms with E-state index in [2.05, 4.69) is 5.32 Å². The van der Waals surface area contributed by atoms with E-state index in [0.717, 1.165) is 33.2 Å². The molecule has 0 aliphatic carbocycles. The summed E-state index contributed by atoms with van der Waals surface area (Å²) in [6.45, 7) is 6.36. The minimum absolute atomic E-state index is 0.0453. The van der Waals surface area contributed by atoms with E-state index in [1.54, 1.807) is 0 Å². The predicted molar refractivity (Wildman–Crippen MR) is 125 cm³/mol. The average molecular weight is 437 g/mol. The van der Waals surface area contributed by atoms with E-state index in [1.807, 2.05) is 75.4 Å². The summed E-state index contributed by atoms with van der Waals surface area (Å²) >= 11 is 0. The Balaban J connectivity index is 1.46. The highest BCUT2D eigenvalue weighted by Crippen LogP contribution is 2.30. The number of sulfonamides is 1. The summed E-state index contributed by atoms with van der Waals surface area (Å²) in [4.78, 5) is 13.3. The molecule has 4 rings (SSSR count). The van der Waals surface area contributed by atoms with Crippen LogP contribution in [0.3, 0.4) is 0 Å². The molecule has 1 aliphatic rings. The molecule has 31 heavy (non-hydrogen) atoms. The number of carbonyl (C=O) groups excluding carboxylic acids is 1. The van der Waals surface area contributed by atoms with Gasteiger partial charge in [-0.05, 0) is 56.2 Å². The van der Waals surface area contributed by atoms with Crippen LogP contribution in [-0.4, -0.2) is 31.7 Å². The molecule has 1 aliphatic heterocycles. The summed E-state index contributed by atoms with van der Waals surface area (Å²) in [7, 11) is -3.58. The maximum absolute atomic E-state index is 13.3. The topological polar surface area (TPSA) is 66.5 Å². The molecule has 1 fully saturated rings. The molecule has 0 atom stereocenters. The Morgan fingerprint density at radius 1 is 0.935 bits per heavy atom. The maximum Gasteiger partial charge on any atom is 0.243 e. The lowest BCUT2D eigenvalue weighted by molar-refractivity contribution is -0.120. The fourth-order valence-corrected chi connectivity index (χ4v) is 6.51. The van der Waals surface area contributed by atoms with Gasteiger partial charge in [-0.25, -0.2) is 8.42 Å². The average Bonchev–Trinajstić information content (AvgIpc) is 2.73. The summed E-state index contributed by atoms with van der Waals surface area (Å²) < 4.78 is 28.1. The first-order valence-corrected chi connectivity index (χ1v) is 12.1. The van der Waals surface area contributed by atoms with Crippen molar-refractivity contribution in [2.75, 3.05) is 18.4 Å². The van der Waals surface area contributed by atoms with Gasteiger partial charge in [0.25, 0.3) is 0 Å². The van der Waals surface area contributed by atoms with Gasteiger partial charge >= 0.3 is 0 Å². The number of nitrogens with one attached hydrogen (secondary N) is 1. The van der Waals surface area contributed by atoms with E-state index in [1.165, 1.54) is 4.31 Å². The van der Waals surface area contributed by atoms with Gasteiger partial charge in [0.15, 0.2) is 0 Å². The molecule has 0 aromatic heterocycles. The SMILES string of the molecule is Cc1cc(C)c(S(=O)(=O)N2CCC(C(=O)Nc3cccc4ccccc34)CC2)c(C)c1. The highest BCUT2D eigenvalue weighted by molar-refractivity contribution is 7.89. The van der Waals surface area contributed by atoms with Gasteiger partial charge in [-0.2, -0.15) is 4.31 Å². The summed E-state index contributed by atoms with van der Waals surface area (Å²) in [5, 5.41) is 5.13. The largest absolute Gasteiger partial charge is 0.325 e. The Labute approximate surface area is 184 Å². The molecule has 0 spiro atoms. The minimum Gasteiger partial charge on any atom is -0.325 e. The number of fused-ring (bicyclic) bond motifs is 1. The van der Waals surface area contributed by atoms with Crippen LogP contribution in [0.5, 0.6) is 0 Å². The van der Waals surface area contributed by atoms with Gasteiger partial charge in [0.1, 0.15) is 0 Å². The zero-order chi connectivity index (χ0) is 22.2. The number of carbonyl (C=O) groups is 1. The van der Waals surface area contributed by atoms with Crippen molar-refractivity contribution in [2.45, 2.75) is 38.5 Å². The molecule has 6 heteroatoms. The minimum atomic E-state index is -3.58. The van der Waals surface area contributed by atoms with Crippen molar-refractivity contribution in [2.24, 2.45) is 5.92 Å². The predicted octanol–water partition coefficient (Wildman–Crippen LogP) is 4.80. The lowest BCUT2D eigenvalue weighted by Gasteiger charge is -2.31. The summed E-state index contributed by atoms with van der Waals surface area (Å²) in [6, 6.07) is 17.6. The third-order valence-corrected chi connectivity index (χ3v) is 8.28. The number of benzene rings is 3. The molecule has 3 aromatic rings. The fourth-order valence-electron chi connectivity index (χ4n) is 4.63. The molecule has 1 heterocycles. The van der Waals surface area contributed by atoms with Crippen LogP contribution >= 0.6 is 0 Å². The zero-order valence-corrected chi connectivity index (χ0v) is 19.0. The highest BCUT2D eigenvalue weighted by Gasteiger charge is 2.33. The van der Waals surface area contributed by atoms with Gasteiger partial charge in [0, 0.05) is 30.1 Å². The first-order chi connectivity index (χ1) is 14.8. The fraction of sp³-hybridized carbons (Fsp3) is 0.320. The number of rotatable bonds is 4. The van der Waals surface area contributed by atoms with Crippen molar-refractivity contribution in [1.29, 1.82) is 0 Å². The summed E-state index contributed by atoms with van der Waals surface area (Å²) in [6.07, 6.45) is 1.03. The number of piperidine rings is 1. The van der Waals surface area contributed by atoms with Crippen molar-refractivity contribution in [3.05, 3.63) is 71.3 Å². The zero-order valence-electron chi connectivity index (χ0n) is 18.2. The van der Waals surface area contributed by atoms with Crippen LogP contribution in [-0.2, 0) is 14.8 Å². The van der Waals surface area contributed by atoms with Gasteiger partial charge < -0.3 is 5.32 Å². The Kier molecular flexibility index (Phi) is 5.86. The van der Waals surface area contributed by atoms with Crippen LogP contribution in [0.15, 0.2) is 59.5 Å². The van der Waals surface area contributed by atoms with E-state index in [-0.39, 0.29) is 11.8 Å². The van der Waals surface area contributed by atoms with Crippen molar-refractivity contribution in [3.8, 4) is 0 Å². The Morgan fingerprint density at radius 3 is 2.23 bits per heavy atom. The Hall–Kier alpha value is -2.70. The molecule has 0 saturated carbocycles. The van der Waals surface area contributed by atoms with Gasteiger partial charge in [0.05, 0.1) is 4.90 Å². The number of hydrogen-bond acceptors (Lipinski definition) is 3. The van der Waals surface area contributed by atoms with Crippen molar-refractivity contribution in [1.82, 2.24) is 4.31 Å². The molecule has 1 N–H and O–H groups in total. The third-order valence-electron chi connectivity index (χ3n) is 6.07. The molecule has 0 bridgehead atoms. The Bertz CT molecular complexity index is 1210.